The first kappa shape index (κ1) is 15.9. The standard InChI is InChI=1S/C15H22FN7/c1-21(10-14-7-19-20-22(14)2)9-13-6-12(16)8-23(13)11-15-17-4-3-5-18-15/h3-5,7,12-13H,6,8-11H2,1-2H3/t12-,13-/m0/s1. The number of rotatable bonds is 6. The summed E-state index contributed by atoms with van der Waals surface area (Å²) in [7, 11) is 3.91. The molecule has 2 aromatic heterocycles. The van der Waals surface area contributed by atoms with Crippen molar-refractivity contribution in [3.8, 4) is 0 Å². The van der Waals surface area contributed by atoms with Crippen LogP contribution in [-0.4, -0.2) is 67.1 Å². The highest BCUT2D eigenvalue weighted by molar-refractivity contribution is 4.96. The summed E-state index contributed by atoms with van der Waals surface area (Å²) >= 11 is 0. The predicted molar refractivity (Wildman–Crippen MR) is 83.1 cm³/mol. The summed E-state index contributed by atoms with van der Waals surface area (Å²) in [6.07, 6.45) is 4.99. The van der Waals surface area contributed by atoms with Gasteiger partial charge in [-0.3, -0.25) is 14.5 Å². The second kappa shape index (κ2) is 7.10. The van der Waals surface area contributed by atoms with Crippen LogP contribution in [0.3, 0.4) is 0 Å². The molecular weight excluding hydrogens is 297 g/mol. The Morgan fingerprint density at radius 1 is 1.35 bits per heavy atom. The van der Waals surface area contributed by atoms with Crippen molar-refractivity contribution in [2.75, 3.05) is 20.1 Å². The van der Waals surface area contributed by atoms with Crippen LogP contribution in [0, 0.1) is 0 Å². The first-order valence-corrected chi connectivity index (χ1v) is 7.78. The van der Waals surface area contributed by atoms with E-state index in [4.69, 9.17) is 0 Å². The van der Waals surface area contributed by atoms with Crippen LogP contribution in [0.4, 0.5) is 4.39 Å². The number of likely N-dealkylation sites (tertiary alicyclic amines) is 1. The molecule has 3 heterocycles. The van der Waals surface area contributed by atoms with Crippen molar-refractivity contribution in [1.82, 2.24) is 34.8 Å². The molecule has 2 atom stereocenters. The molecule has 2 aromatic rings. The molecule has 23 heavy (non-hydrogen) atoms. The van der Waals surface area contributed by atoms with E-state index in [1.165, 1.54) is 0 Å². The van der Waals surface area contributed by atoms with E-state index in [1.807, 2.05) is 14.1 Å². The molecule has 8 heteroatoms. The zero-order valence-electron chi connectivity index (χ0n) is 13.5. The second-order valence-corrected chi connectivity index (χ2v) is 6.13. The van der Waals surface area contributed by atoms with Crippen molar-refractivity contribution in [3.63, 3.8) is 0 Å². The SMILES string of the molecule is CN(Cc1cnnn1C)C[C@@H]1C[C@H](F)CN1Cc1ncccn1. The number of likely N-dealkylation sites (N-methyl/N-ethyl adjacent to an activating group) is 1. The summed E-state index contributed by atoms with van der Waals surface area (Å²) < 4.78 is 15.7. The molecule has 0 saturated carbocycles. The Hall–Kier alpha value is -1.93. The summed E-state index contributed by atoms with van der Waals surface area (Å²) in [5.74, 6) is 0.741. The number of aromatic nitrogens is 5. The van der Waals surface area contributed by atoms with E-state index < -0.39 is 6.17 Å². The van der Waals surface area contributed by atoms with Gasteiger partial charge in [0.05, 0.1) is 18.4 Å². The van der Waals surface area contributed by atoms with Crippen molar-refractivity contribution < 1.29 is 4.39 Å². The lowest BCUT2D eigenvalue weighted by Gasteiger charge is -2.27. The Kier molecular flexibility index (Phi) is 4.92. The van der Waals surface area contributed by atoms with Crippen LogP contribution in [0.25, 0.3) is 0 Å². The van der Waals surface area contributed by atoms with Crippen molar-refractivity contribution in [2.45, 2.75) is 31.7 Å². The second-order valence-electron chi connectivity index (χ2n) is 6.13. The van der Waals surface area contributed by atoms with Gasteiger partial charge < -0.3 is 0 Å². The molecule has 0 N–H and O–H groups in total. The molecule has 0 bridgehead atoms. The summed E-state index contributed by atoms with van der Waals surface area (Å²) in [5, 5.41) is 7.83. The Labute approximate surface area is 135 Å². The number of aryl methyl sites for hydroxylation is 1. The lowest BCUT2D eigenvalue weighted by Crippen LogP contribution is -2.38. The van der Waals surface area contributed by atoms with E-state index in [-0.39, 0.29) is 6.04 Å². The van der Waals surface area contributed by atoms with Crippen LogP contribution in [0.2, 0.25) is 0 Å². The maximum Gasteiger partial charge on any atom is 0.142 e. The van der Waals surface area contributed by atoms with E-state index in [2.05, 4.69) is 30.1 Å². The molecule has 1 aliphatic heterocycles. The minimum absolute atomic E-state index is 0.167. The molecule has 1 saturated heterocycles. The Balaban J connectivity index is 1.59. The quantitative estimate of drug-likeness (QED) is 0.779. The van der Waals surface area contributed by atoms with E-state index in [0.29, 0.717) is 19.5 Å². The minimum atomic E-state index is -0.782. The molecular formula is C15H22FN7. The van der Waals surface area contributed by atoms with Gasteiger partial charge in [-0.15, -0.1) is 5.10 Å². The fourth-order valence-corrected chi connectivity index (χ4v) is 3.05. The molecule has 1 fully saturated rings. The average molecular weight is 319 g/mol. The van der Waals surface area contributed by atoms with Crippen LogP contribution in [-0.2, 0) is 20.1 Å². The zero-order valence-corrected chi connectivity index (χ0v) is 13.5. The van der Waals surface area contributed by atoms with Gasteiger partial charge in [0.15, 0.2) is 0 Å². The first-order chi connectivity index (χ1) is 11.1. The van der Waals surface area contributed by atoms with E-state index in [1.54, 1.807) is 29.3 Å². The highest BCUT2D eigenvalue weighted by Crippen LogP contribution is 2.22. The van der Waals surface area contributed by atoms with Crippen LogP contribution >= 0.6 is 0 Å². The van der Waals surface area contributed by atoms with E-state index in [9.17, 15) is 4.39 Å². The largest absolute Gasteiger partial charge is 0.299 e. The van der Waals surface area contributed by atoms with Gasteiger partial charge in [0.25, 0.3) is 0 Å². The van der Waals surface area contributed by atoms with Gasteiger partial charge in [0.1, 0.15) is 12.0 Å². The number of nitrogens with zero attached hydrogens (tertiary/aromatic N) is 7. The van der Waals surface area contributed by atoms with Gasteiger partial charge in [-0.1, -0.05) is 5.21 Å². The number of halogens is 1. The monoisotopic (exact) mass is 319 g/mol. The van der Waals surface area contributed by atoms with Crippen molar-refractivity contribution in [2.24, 2.45) is 7.05 Å². The fourth-order valence-electron chi connectivity index (χ4n) is 3.05. The van der Waals surface area contributed by atoms with Crippen LogP contribution in [0.1, 0.15) is 17.9 Å². The Bertz CT molecular complexity index is 617. The van der Waals surface area contributed by atoms with Gasteiger partial charge in [-0.2, -0.15) is 0 Å². The van der Waals surface area contributed by atoms with Crippen LogP contribution in [0.5, 0.6) is 0 Å². The molecule has 1 aliphatic rings. The van der Waals surface area contributed by atoms with E-state index in [0.717, 1.165) is 24.6 Å². The van der Waals surface area contributed by atoms with Crippen molar-refractivity contribution in [3.05, 3.63) is 36.2 Å². The molecule has 0 unspecified atom stereocenters. The summed E-state index contributed by atoms with van der Waals surface area (Å²) in [4.78, 5) is 12.8. The van der Waals surface area contributed by atoms with Crippen molar-refractivity contribution in [1.29, 1.82) is 0 Å². The van der Waals surface area contributed by atoms with Gasteiger partial charge in [-0.25, -0.2) is 14.4 Å². The summed E-state index contributed by atoms with van der Waals surface area (Å²) in [6.45, 7) is 2.57. The van der Waals surface area contributed by atoms with Gasteiger partial charge in [0, 0.05) is 45.1 Å². The third-order valence-electron chi connectivity index (χ3n) is 4.20. The Morgan fingerprint density at radius 2 is 2.13 bits per heavy atom. The van der Waals surface area contributed by atoms with Crippen LogP contribution < -0.4 is 0 Å². The predicted octanol–water partition coefficient (Wildman–Crippen LogP) is 0.649. The normalized spacial score (nSPS) is 22.1. The number of hydrogen-bond acceptors (Lipinski definition) is 6. The molecule has 0 aromatic carbocycles. The summed E-state index contributed by atoms with van der Waals surface area (Å²) in [5.41, 5.74) is 1.04. The average Bonchev–Trinajstić information content (AvgIpc) is 3.06. The van der Waals surface area contributed by atoms with Gasteiger partial charge >= 0.3 is 0 Å². The maximum atomic E-state index is 13.9. The lowest BCUT2D eigenvalue weighted by molar-refractivity contribution is 0.175. The third-order valence-corrected chi connectivity index (χ3v) is 4.20. The highest BCUT2D eigenvalue weighted by Gasteiger charge is 2.33. The molecule has 0 aliphatic carbocycles. The van der Waals surface area contributed by atoms with Gasteiger partial charge in [0.2, 0.25) is 0 Å². The minimum Gasteiger partial charge on any atom is -0.299 e. The van der Waals surface area contributed by atoms with E-state index >= 15 is 0 Å². The summed E-state index contributed by atoms with van der Waals surface area (Å²) in [6, 6.07) is 1.96. The third kappa shape index (κ3) is 4.08. The van der Waals surface area contributed by atoms with Gasteiger partial charge in [-0.05, 0) is 19.5 Å². The molecule has 3 rings (SSSR count). The Morgan fingerprint density at radius 3 is 2.83 bits per heavy atom. The number of hydrogen-bond donors (Lipinski definition) is 0. The molecule has 0 spiro atoms. The zero-order chi connectivity index (χ0) is 16.2. The fraction of sp³-hybridized carbons (Fsp3) is 0.600. The smallest absolute Gasteiger partial charge is 0.142 e. The highest BCUT2D eigenvalue weighted by atomic mass is 19.1. The molecule has 124 valence electrons. The lowest BCUT2D eigenvalue weighted by atomic mass is 10.2. The molecule has 7 nitrogen and oxygen atoms in total. The van der Waals surface area contributed by atoms with Crippen LogP contribution in [0.15, 0.2) is 24.7 Å². The first-order valence-electron chi connectivity index (χ1n) is 7.78. The number of alkyl halides is 1. The van der Waals surface area contributed by atoms with Crippen molar-refractivity contribution >= 4 is 0 Å². The molecule has 0 radical (unpaired) electrons. The molecule has 0 amide bonds. The topological polar surface area (TPSA) is 63.0 Å². The maximum absolute atomic E-state index is 13.9.